The van der Waals surface area contributed by atoms with Crippen molar-refractivity contribution in [1.82, 2.24) is 9.78 Å². The van der Waals surface area contributed by atoms with Gasteiger partial charge in [-0.3, -0.25) is 9.48 Å². The third kappa shape index (κ3) is 3.44. The van der Waals surface area contributed by atoms with Crippen molar-refractivity contribution in [3.05, 3.63) is 52.3 Å². The molecule has 1 heterocycles. The average molecular weight is 333 g/mol. The fraction of sp³-hybridized carbons (Fsp3) is 0.167. The van der Waals surface area contributed by atoms with Gasteiger partial charge in [0.05, 0.1) is 11.8 Å². The molecule has 2 rings (SSSR count). The summed E-state index contributed by atoms with van der Waals surface area (Å²) in [4.78, 5) is 11.8. The minimum Gasteiger partial charge on any atom is -0.292 e. The lowest BCUT2D eigenvalue weighted by molar-refractivity contribution is -0.137. The minimum absolute atomic E-state index is 0.224. The van der Waals surface area contributed by atoms with Crippen LogP contribution in [0.2, 0.25) is 0 Å². The lowest BCUT2D eigenvalue weighted by atomic mass is 10.1. The van der Waals surface area contributed by atoms with E-state index in [9.17, 15) is 18.0 Å². The molecule has 0 fully saturated rings. The van der Waals surface area contributed by atoms with Crippen molar-refractivity contribution >= 4 is 21.7 Å². The van der Waals surface area contributed by atoms with E-state index < -0.39 is 11.7 Å². The summed E-state index contributed by atoms with van der Waals surface area (Å²) < 4.78 is 38.9. The van der Waals surface area contributed by atoms with Gasteiger partial charge in [-0.15, -0.1) is 0 Å². The molecule has 19 heavy (non-hydrogen) atoms. The van der Waals surface area contributed by atoms with Gasteiger partial charge in [0.2, 0.25) is 0 Å². The summed E-state index contributed by atoms with van der Waals surface area (Å²) >= 11 is 3.23. The average Bonchev–Trinajstić information content (AvgIpc) is 2.78. The first-order valence-electron chi connectivity index (χ1n) is 5.24. The van der Waals surface area contributed by atoms with E-state index in [-0.39, 0.29) is 12.3 Å². The first-order valence-corrected chi connectivity index (χ1v) is 6.04. The fourth-order valence-electron chi connectivity index (χ4n) is 1.47. The molecule has 3 nitrogen and oxygen atoms in total. The van der Waals surface area contributed by atoms with Gasteiger partial charge in [-0.25, -0.2) is 0 Å². The number of carbonyl (C=O) groups excluding carboxylic acids is 1. The highest BCUT2D eigenvalue weighted by molar-refractivity contribution is 9.10. The zero-order chi connectivity index (χ0) is 14.0. The van der Waals surface area contributed by atoms with Gasteiger partial charge in [-0.05, 0) is 12.1 Å². The van der Waals surface area contributed by atoms with Crippen molar-refractivity contribution in [2.75, 3.05) is 0 Å². The van der Waals surface area contributed by atoms with E-state index in [0.29, 0.717) is 11.8 Å². The molecule has 0 radical (unpaired) electrons. The van der Waals surface area contributed by atoms with Gasteiger partial charge in [-0.2, -0.15) is 18.3 Å². The molecule has 1 aromatic heterocycles. The summed E-state index contributed by atoms with van der Waals surface area (Å²) in [5.74, 6) is -0.302. The lowest BCUT2D eigenvalue weighted by Gasteiger charge is -2.02. The minimum atomic E-state index is -4.45. The van der Waals surface area contributed by atoms with Crippen molar-refractivity contribution in [3.8, 4) is 0 Å². The highest BCUT2D eigenvalue weighted by atomic mass is 79.9. The quantitative estimate of drug-likeness (QED) is 0.806. The maximum atomic E-state index is 12.4. The molecule has 0 N–H and O–H groups in total. The normalized spacial score (nSPS) is 11.6. The molecule has 1 aromatic carbocycles. The van der Waals surface area contributed by atoms with Gasteiger partial charge in [0, 0.05) is 16.2 Å². The van der Waals surface area contributed by atoms with Crippen LogP contribution in [0, 0.1) is 0 Å². The summed E-state index contributed by atoms with van der Waals surface area (Å²) in [6.07, 6.45) is -2.93. The van der Waals surface area contributed by atoms with Crippen LogP contribution in [-0.4, -0.2) is 15.6 Å². The third-order valence-corrected chi connectivity index (χ3v) is 2.96. The number of nitrogens with zero attached hydrogens (tertiary/aromatic N) is 2. The molecule has 0 atom stereocenters. The maximum absolute atomic E-state index is 12.4. The van der Waals surface area contributed by atoms with Crippen molar-refractivity contribution in [2.45, 2.75) is 12.7 Å². The molecule has 2 aromatic rings. The van der Waals surface area contributed by atoms with Gasteiger partial charge in [-0.1, -0.05) is 28.1 Å². The monoisotopic (exact) mass is 332 g/mol. The predicted molar refractivity (Wildman–Crippen MR) is 65.7 cm³/mol. The Morgan fingerprint density at radius 3 is 2.42 bits per heavy atom. The highest BCUT2D eigenvalue weighted by Crippen LogP contribution is 2.28. The predicted octanol–water partition coefficient (Wildman–Crippen LogP) is 3.55. The lowest BCUT2D eigenvalue weighted by Crippen LogP contribution is -2.11. The van der Waals surface area contributed by atoms with Crippen LogP contribution in [0.15, 0.2) is 41.1 Å². The SMILES string of the molecule is O=C(Cn1cc(C(F)(F)F)cn1)c1ccc(Br)cc1. The maximum Gasteiger partial charge on any atom is 0.419 e. The number of hydrogen-bond donors (Lipinski definition) is 0. The summed E-state index contributed by atoms with van der Waals surface area (Å²) in [5.41, 5.74) is -0.441. The number of halogens is 4. The number of carbonyl (C=O) groups is 1. The second-order valence-electron chi connectivity index (χ2n) is 3.85. The van der Waals surface area contributed by atoms with Crippen molar-refractivity contribution < 1.29 is 18.0 Å². The zero-order valence-electron chi connectivity index (χ0n) is 9.49. The third-order valence-electron chi connectivity index (χ3n) is 2.43. The van der Waals surface area contributed by atoms with Crippen LogP contribution in [-0.2, 0) is 12.7 Å². The Hall–Kier alpha value is -1.63. The van der Waals surface area contributed by atoms with E-state index in [1.54, 1.807) is 24.3 Å². The number of ketones is 1. The van der Waals surface area contributed by atoms with Gasteiger partial charge in [0.25, 0.3) is 0 Å². The van der Waals surface area contributed by atoms with E-state index in [1.807, 2.05) is 0 Å². The second-order valence-corrected chi connectivity index (χ2v) is 4.77. The largest absolute Gasteiger partial charge is 0.419 e. The van der Waals surface area contributed by atoms with Crippen LogP contribution in [0.1, 0.15) is 15.9 Å². The van der Waals surface area contributed by atoms with Crippen molar-refractivity contribution in [2.24, 2.45) is 0 Å². The topological polar surface area (TPSA) is 34.9 Å². The van der Waals surface area contributed by atoms with Gasteiger partial charge in [0.15, 0.2) is 5.78 Å². The summed E-state index contributed by atoms with van der Waals surface area (Å²) in [6, 6.07) is 6.58. The van der Waals surface area contributed by atoms with Gasteiger partial charge in [0.1, 0.15) is 6.54 Å². The Morgan fingerprint density at radius 2 is 1.89 bits per heavy atom. The number of Topliss-reactive ketones (excluding diaryl/α,β-unsaturated/α-hetero) is 1. The Bertz CT molecular complexity index is 590. The standard InChI is InChI=1S/C12H8BrF3N2O/c13-10-3-1-8(2-4-10)11(19)7-18-6-9(5-17-18)12(14,15)16/h1-6H,7H2. The summed E-state index contributed by atoms with van der Waals surface area (Å²) in [5, 5.41) is 3.53. The molecule has 0 spiro atoms. The van der Waals surface area contributed by atoms with Crippen LogP contribution in [0.3, 0.4) is 0 Å². The fourth-order valence-corrected chi connectivity index (χ4v) is 1.73. The smallest absolute Gasteiger partial charge is 0.292 e. The second kappa shape index (κ2) is 5.16. The first-order chi connectivity index (χ1) is 8.86. The van der Waals surface area contributed by atoms with E-state index in [4.69, 9.17) is 0 Å². The van der Waals surface area contributed by atoms with Crippen LogP contribution in [0.5, 0.6) is 0 Å². The molecule has 0 saturated heterocycles. The van der Waals surface area contributed by atoms with Gasteiger partial charge < -0.3 is 0 Å². The van der Waals surface area contributed by atoms with Crippen LogP contribution in [0.4, 0.5) is 13.2 Å². The Kier molecular flexibility index (Phi) is 3.75. The number of rotatable bonds is 3. The number of hydrogen-bond acceptors (Lipinski definition) is 2. The molecule has 0 amide bonds. The van der Waals surface area contributed by atoms with E-state index in [2.05, 4.69) is 21.0 Å². The molecule has 0 unspecified atom stereocenters. The summed E-state index contributed by atoms with van der Waals surface area (Å²) in [7, 11) is 0. The van der Waals surface area contributed by atoms with Crippen LogP contribution < -0.4 is 0 Å². The highest BCUT2D eigenvalue weighted by Gasteiger charge is 2.32. The Morgan fingerprint density at radius 1 is 1.26 bits per heavy atom. The van der Waals surface area contributed by atoms with E-state index >= 15 is 0 Å². The first kappa shape index (κ1) is 13.8. The number of aromatic nitrogens is 2. The van der Waals surface area contributed by atoms with Crippen LogP contribution >= 0.6 is 15.9 Å². The Balaban J connectivity index is 2.11. The van der Waals surface area contributed by atoms with Crippen LogP contribution in [0.25, 0.3) is 0 Å². The number of benzene rings is 1. The Labute approximate surface area is 115 Å². The number of alkyl halides is 3. The molecule has 100 valence electrons. The summed E-state index contributed by atoms with van der Waals surface area (Å²) in [6.45, 7) is -0.224. The molecule has 0 saturated carbocycles. The molecule has 0 aliphatic heterocycles. The molecular weight excluding hydrogens is 325 g/mol. The molecule has 0 bridgehead atoms. The van der Waals surface area contributed by atoms with Crippen molar-refractivity contribution in [1.29, 1.82) is 0 Å². The van der Waals surface area contributed by atoms with Gasteiger partial charge >= 0.3 is 6.18 Å². The van der Waals surface area contributed by atoms with E-state index in [0.717, 1.165) is 15.4 Å². The zero-order valence-corrected chi connectivity index (χ0v) is 11.1. The molecule has 7 heteroatoms. The molecule has 0 aliphatic rings. The van der Waals surface area contributed by atoms with Crippen molar-refractivity contribution in [3.63, 3.8) is 0 Å². The van der Waals surface area contributed by atoms with E-state index in [1.165, 1.54) is 0 Å². The molecular formula is C12H8BrF3N2O. The molecule has 0 aliphatic carbocycles.